The zero-order chi connectivity index (χ0) is 11.5. The first-order valence-corrected chi connectivity index (χ1v) is 5.49. The summed E-state index contributed by atoms with van der Waals surface area (Å²) in [6.07, 6.45) is 0. The van der Waals surface area contributed by atoms with E-state index in [0.29, 0.717) is 0 Å². The van der Waals surface area contributed by atoms with Crippen molar-refractivity contribution in [2.45, 2.75) is 13.0 Å². The van der Waals surface area contributed by atoms with Gasteiger partial charge in [0.1, 0.15) is 0 Å². The molecule has 16 heavy (non-hydrogen) atoms. The zero-order valence-corrected chi connectivity index (χ0v) is 9.66. The first kappa shape index (κ1) is 11.0. The van der Waals surface area contributed by atoms with E-state index in [9.17, 15) is 4.79 Å². The van der Waals surface area contributed by atoms with Crippen molar-refractivity contribution < 1.29 is 4.79 Å². The highest BCUT2D eigenvalue weighted by Crippen LogP contribution is 2.20. The van der Waals surface area contributed by atoms with Gasteiger partial charge in [-0.25, -0.2) is 0 Å². The molecule has 0 aliphatic carbocycles. The van der Waals surface area contributed by atoms with Crippen LogP contribution in [-0.2, 0) is 0 Å². The number of halogens is 1. The average molecular weight is 234 g/mol. The van der Waals surface area contributed by atoms with Crippen molar-refractivity contribution in [2.24, 2.45) is 0 Å². The molecular weight excluding hydrogens is 222 g/mol. The Balaban J connectivity index is 2.35. The van der Waals surface area contributed by atoms with Gasteiger partial charge in [-0.1, -0.05) is 36.4 Å². The van der Waals surface area contributed by atoms with Gasteiger partial charge in [0.25, 0.3) is 0 Å². The van der Waals surface area contributed by atoms with Gasteiger partial charge in [0.15, 0.2) is 0 Å². The fourth-order valence-corrected chi connectivity index (χ4v) is 1.89. The SMILES string of the molecule is CC(NC(=O)Cl)c1ccc2ccccc2c1. The number of benzene rings is 2. The zero-order valence-electron chi connectivity index (χ0n) is 8.91. The maximum absolute atomic E-state index is 10.7. The molecule has 1 amide bonds. The van der Waals surface area contributed by atoms with Crippen molar-refractivity contribution in [3.8, 4) is 0 Å². The minimum atomic E-state index is -0.527. The molecule has 0 spiro atoms. The van der Waals surface area contributed by atoms with Crippen LogP contribution in [-0.4, -0.2) is 5.37 Å². The maximum atomic E-state index is 10.7. The lowest BCUT2D eigenvalue weighted by molar-refractivity contribution is 0.257. The molecule has 1 unspecified atom stereocenters. The largest absolute Gasteiger partial charge is 0.336 e. The minimum absolute atomic E-state index is 0.0744. The normalized spacial score (nSPS) is 12.4. The number of amides is 1. The third kappa shape index (κ3) is 2.34. The molecule has 0 aromatic heterocycles. The second kappa shape index (κ2) is 4.54. The van der Waals surface area contributed by atoms with Crippen LogP contribution in [0.3, 0.4) is 0 Å². The number of hydrogen-bond donors (Lipinski definition) is 1. The first-order valence-electron chi connectivity index (χ1n) is 5.11. The van der Waals surface area contributed by atoms with Gasteiger partial charge in [-0.2, -0.15) is 0 Å². The van der Waals surface area contributed by atoms with E-state index in [1.54, 1.807) is 0 Å². The van der Waals surface area contributed by atoms with E-state index in [4.69, 9.17) is 11.6 Å². The summed E-state index contributed by atoms with van der Waals surface area (Å²) in [5.74, 6) is 0. The van der Waals surface area contributed by atoms with Gasteiger partial charge < -0.3 is 5.32 Å². The van der Waals surface area contributed by atoms with Crippen molar-refractivity contribution in [2.75, 3.05) is 0 Å². The fraction of sp³-hybridized carbons (Fsp3) is 0.154. The van der Waals surface area contributed by atoms with Crippen LogP contribution in [0.4, 0.5) is 4.79 Å². The quantitative estimate of drug-likeness (QED) is 0.620. The number of rotatable bonds is 2. The Morgan fingerprint density at radius 3 is 2.56 bits per heavy atom. The predicted octanol–water partition coefficient (Wildman–Crippen LogP) is 3.85. The first-order chi connectivity index (χ1) is 7.66. The Kier molecular flexibility index (Phi) is 3.11. The number of hydrogen-bond acceptors (Lipinski definition) is 1. The monoisotopic (exact) mass is 233 g/mol. The summed E-state index contributed by atoms with van der Waals surface area (Å²) in [6, 6.07) is 14.1. The molecule has 0 fully saturated rings. The topological polar surface area (TPSA) is 29.1 Å². The van der Waals surface area contributed by atoms with Crippen LogP contribution in [0.15, 0.2) is 42.5 Å². The summed E-state index contributed by atoms with van der Waals surface area (Å²) in [5.41, 5.74) is 1.05. The van der Waals surface area contributed by atoms with Crippen molar-refractivity contribution in [1.29, 1.82) is 0 Å². The van der Waals surface area contributed by atoms with Gasteiger partial charge >= 0.3 is 5.37 Å². The lowest BCUT2D eigenvalue weighted by Crippen LogP contribution is -2.20. The van der Waals surface area contributed by atoms with Gasteiger partial charge in [0.05, 0.1) is 6.04 Å². The molecule has 0 aliphatic rings. The highest BCUT2D eigenvalue weighted by Gasteiger charge is 2.07. The molecule has 1 atom stereocenters. The Bertz CT molecular complexity index is 524. The van der Waals surface area contributed by atoms with Crippen molar-refractivity contribution >= 4 is 27.7 Å². The Morgan fingerprint density at radius 2 is 1.88 bits per heavy atom. The third-order valence-corrected chi connectivity index (χ3v) is 2.71. The van der Waals surface area contributed by atoms with Crippen LogP contribution < -0.4 is 5.32 Å². The molecule has 0 aliphatic heterocycles. The van der Waals surface area contributed by atoms with Crippen LogP contribution in [0.5, 0.6) is 0 Å². The Morgan fingerprint density at radius 1 is 1.19 bits per heavy atom. The van der Waals surface area contributed by atoms with Gasteiger partial charge in [-0.05, 0) is 40.9 Å². The van der Waals surface area contributed by atoms with Crippen LogP contribution in [0.2, 0.25) is 0 Å². The molecule has 2 rings (SSSR count). The average Bonchev–Trinajstić information content (AvgIpc) is 2.27. The number of fused-ring (bicyclic) bond motifs is 1. The molecule has 0 radical (unpaired) electrons. The summed E-state index contributed by atoms with van der Waals surface area (Å²) >= 11 is 5.29. The lowest BCUT2D eigenvalue weighted by Gasteiger charge is -2.12. The summed E-state index contributed by atoms with van der Waals surface area (Å²) in [6.45, 7) is 1.91. The van der Waals surface area contributed by atoms with Gasteiger partial charge in [0, 0.05) is 0 Å². The molecule has 0 bridgehead atoms. The minimum Gasteiger partial charge on any atom is -0.336 e. The van der Waals surface area contributed by atoms with Crippen molar-refractivity contribution in [3.05, 3.63) is 48.0 Å². The second-order valence-corrected chi connectivity index (χ2v) is 4.09. The van der Waals surface area contributed by atoms with E-state index in [0.717, 1.165) is 10.9 Å². The molecule has 2 aromatic rings. The molecule has 0 heterocycles. The standard InChI is InChI=1S/C13H12ClNO/c1-9(15-13(14)16)11-7-6-10-4-2-3-5-12(10)8-11/h2-9H,1H3,(H,15,16). The number of carbonyl (C=O) groups excluding carboxylic acids is 1. The van der Waals surface area contributed by atoms with E-state index in [1.165, 1.54) is 5.39 Å². The summed E-state index contributed by atoms with van der Waals surface area (Å²) in [7, 11) is 0. The van der Waals surface area contributed by atoms with Crippen LogP contribution >= 0.6 is 11.6 Å². The van der Waals surface area contributed by atoms with Gasteiger partial charge in [0.2, 0.25) is 0 Å². The second-order valence-electron chi connectivity index (χ2n) is 3.75. The highest BCUT2D eigenvalue weighted by atomic mass is 35.5. The molecule has 0 saturated heterocycles. The van der Waals surface area contributed by atoms with E-state index < -0.39 is 5.37 Å². The van der Waals surface area contributed by atoms with Gasteiger partial charge in [-0.3, -0.25) is 4.79 Å². The predicted molar refractivity (Wildman–Crippen MR) is 66.7 cm³/mol. The molecule has 0 saturated carbocycles. The van der Waals surface area contributed by atoms with Crippen LogP contribution in [0.1, 0.15) is 18.5 Å². The van der Waals surface area contributed by atoms with E-state index in [-0.39, 0.29) is 6.04 Å². The molecule has 2 aromatic carbocycles. The molecule has 1 N–H and O–H groups in total. The molecule has 3 heteroatoms. The lowest BCUT2D eigenvalue weighted by atomic mass is 10.0. The molecule has 82 valence electrons. The van der Waals surface area contributed by atoms with E-state index >= 15 is 0 Å². The number of carbonyl (C=O) groups is 1. The van der Waals surface area contributed by atoms with E-state index in [1.807, 2.05) is 37.3 Å². The van der Waals surface area contributed by atoms with Crippen LogP contribution in [0.25, 0.3) is 10.8 Å². The smallest absolute Gasteiger partial charge is 0.314 e. The number of nitrogens with one attached hydrogen (secondary N) is 1. The highest BCUT2D eigenvalue weighted by molar-refractivity contribution is 6.62. The summed E-state index contributed by atoms with van der Waals surface area (Å²) < 4.78 is 0. The Hall–Kier alpha value is -1.54. The van der Waals surface area contributed by atoms with E-state index in [2.05, 4.69) is 17.4 Å². The maximum Gasteiger partial charge on any atom is 0.314 e. The van der Waals surface area contributed by atoms with Crippen LogP contribution in [0, 0.1) is 0 Å². The summed E-state index contributed by atoms with van der Waals surface area (Å²) in [5, 5.41) is 4.48. The summed E-state index contributed by atoms with van der Waals surface area (Å²) in [4.78, 5) is 10.7. The molecular formula is C13H12ClNO. The van der Waals surface area contributed by atoms with Crippen molar-refractivity contribution in [1.82, 2.24) is 5.32 Å². The van der Waals surface area contributed by atoms with Gasteiger partial charge in [-0.15, -0.1) is 0 Å². The van der Waals surface area contributed by atoms with Crippen molar-refractivity contribution in [3.63, 3.8) is 0 Å². The molecule has 2 nitrogen and oxygen atoms in total. The Labute approximate surface area is 99.2 Å². The third-order valence-electron chi connectivity index (χ3n) is 2.60. The fourth-order valence-electron chi connectivity index (χ4n) is 1.73.